The van der Waals surface area contributed by atoms with Crippen LogP contribution >= 0.6 is 0 Å². The van der Waals surface area contributed by atoms with E-state index < -0.39 is 5.97 Å². The predicted molar refractivity (Wildman–Crippen MR) is 74.7 cm³/mol. The van der Waals surface area contributed by atoms with E-state index in [4.69, 9.17) is 0 Å². The molecule has 0 aliphatic carbocycles. The molecule has 0 amide bonds. The molecule has 2 aromatic heterocycles. The second-order valence-electron chi connectivity index (χ2n) is 4.72. The van der Waals surface area contributed by atoms with E-state index in [0.717, 1.165) is 0 Å². The van der Waals surface area contributed by atoms with Crippen LogP contribution in [0.5, 0.6) is 0 Å². The number of fused-ring (bicyclic) bond motifs is 1. The maximum absolute atomic E-state index is 14.0. The fourth-order valence-electron chi connectivity index (χ4n) is 2.43. The zero-order chi connectivity index (χ0) is 15.0. The molecule has 5 nitrogen and oxygen atoms in total. The molecule has 1 aromatic carbocycles. The second kappa shape index (κ2) is 4.97. The summed E-state index contributed by atoms with van der Waals surface area (Å²) in [6.45, 7) is 0. The van der Waals surface area contributed by atoms with E-state index >= 15 is 0 Å². The minimum atomic E-state index is -1.03. The molecule has 3 rings (SSSR count). The van der Waals surface area contributed by atoms with Gasteiger partial charge in [-0.3, -0.25) is 9.67 Å². The maximum atomic E-state index is 14.0. The maximum Gasteiger partial charge on any atom is 0.336 e. The Hall–Kier alpha value is -2.76. The van der Waals surface area contributed by atoms with Gasteiger partial charge in [-0.2, -0.15) is 5.10 Å². The molecule has 0 atom stereocenters. The molecule has 0 bridgehead atoms. The number of aryl methyl sites for hydroxylation is 1. The molecular weight excluding hydrogens is 273 g/mol. The molecule has 6 heteroatoms. The summed E-state index contributed by atoms with van der Waals surface area (Å²) >= 11 is 0. The number of aromatic carboxylic acids is 1. The van der Waals surface area contributed by atoms with Crippen molar-refractivity contribution in [2.75, 3.05) is 0 Å². The zero-order valence-electron chi connectivity index (χ0n) is 11.2. The van der Waals surface area contributed by atoms with Gasteiger partial charge in [0.05, 0.1) is 22.2 Å². The number of carboxylic acid groups (broad SMARTS) is 1. The molecule has 0 saturated carbocycles. The first-order chi connectivity index (χ1) is 10.1. The van der Waals surface area contributed by atoms with Gasteiger partial charge < -0.3 is 5.11 Å². The standard InChI is InChI=1S/C15H12FN3O2/c1-19-13-4-2-3-11(16)14(13)12(18-19)7-9-8-17-6-5-10(9)15(20)21/h2-6,8H,7H2,1H3,(H,20,21). The fourth-order valence-corrected chi connectivity index (χ4v) is 2.43. The molecular formula is C15H12FN3O2. The van der Waals surface area contributed by atoms with Crippen LogP contribution in [-0.2, 0) is 13.5 Å². The Morgan fingerprint density at radius 1 is 1.38 bits per heavy atom. The van der Waals surface area contributed by atoms with Gasteiger partial charge in [-0.15, -0.1) is 0 Å². The number of halogens is 1. The second-order valence-corrected chi connectivity index (χ2v) is 4.72. The molecule has 2 heterocycles. The van der Waals surface area contributed by atoms with Crippen LogP contribution in [0.4, 0.5) is 4.39 Å². The first kappa shape index (κ1) is 13.2. The minimum absolute atomic E-state index is 0.153. The van der Waals surface area contributed by atoms with E-state index in [0.29, 0.717) is 22.2 Å². The van der Waals surface area contributed by atoms with Gasteiger partial charge in [0.15, 0.2) is 0 Å². The third-order valence-electron chi connectivity index (χ3n) is 3.39. The molecule has 21 heavy (non-hydrogen) atoms. The van der Waals surface area contributed by atoms with Crippen molar-refractivity contribution in [3.63, 3.8) is 0 Å². The Labute approximate surface area is 119 Å². The number of carboxylic acids is 1. The van der Waals surface area contributed by atoms with Crippen molar-refractivity contribution >= 4 is 16.9 Å². The van der Waals surface area contributed by atoms with E-state index in [-0.39, 0.29) is 17.8 Å². The summed E-state index contributed by atoms with van der Waals surface area (Å²) < 4.78 is 15.6. The third kappa shape index (κ3) is 2.24. The molecule has 0 aliphatic heterocycles. The van der Waals surface area contributed by atoms with Crippen LogP contribution in [-0.4, -0.2) is 25.8 Å². The van der Waals surface area contributed by atoms with Crippen LogP contribution < -0.4 is 0 Å². The van der Waals surface area contributed by atoms with Crippen molar-refractivity contribution in [3.05, 3.63) is 59.3 Å². The lowest BCUT2D eigenvalue weighted by Gasteiger charge is -2.03. The average Bonchev–Trinajstić information content (AvgIpc) is 2.77. The van der Waals surface area contributed by atoms with Crippen molar-refractivity contribution < 1.29 is 14.3 Å². The number of hydrogen-bond acceptors (Lipinski definition) is 3. The van der Waals surface area contributed by atoms with Crippen LogP contribution in [0.15, 0.2) is 36.7 Å². The summed E-state index contributed by atoms with van der Waals surface area (Å²) in [4.78, 5) is 15.2. The van der Waals surface area contributed by atoms with Crippen molar-refractivity contribution in [1.82, 2.24) is 14.8 Å². The minimum Gasteiger partial charge on any atom is -0.478 e. The van der Waals surface area contributed by atoms with Gasteiger partial charge in [-0.05, 0) is 23.8 Å². The zero-order valence-corrected chi connectivity index (χ0v) is 11.2. The lowest BCUT2D eigenvalue weighted by Crippen LogP contribution is -2.04. The van der Waals surface area contributed by atoms with Gasteiger partial charge >= 0.3 is 5.97 Å². The highest BCUT2D eigenvalue weighted by Gasteiger charge is 2.16. The Kier molecular flexibility index (Phi) is 3.13. The number of hydrogen-bond donors (Lipinski definition) is 1. The summed E-state index contributed by atoms with van der Waals surface area (Å²) in [5, 5.41) is 13.9. The number of pyridine rings is 1. The summed E-state index contributed by atoms with van der Waals surface area (Å²) in [5.41, 5.74) is 1.83. The Morgan fingerprint density at radius 2 is 2.19 bits per heavy atom. The van der Waals surface area contributed by atoms with E-state index in [1.807, 2.05) is 0 Å². The Bertz CT molecular complexity index is 842. The van der Waals surface area contributed by atoms with E-state index in [9.17, 15) is 14.3 Å². The van der Waals surface area contributed by atoms with Crippen molar-refractivity contribution in [3.8, 4) is 0 Å². The summed E-state index contributed by atoms with van der Waals surface area (Å²) in [6.07, 6.45) is 3.11. The first-order valence-corrected chi connectivity index (χ1v) is 6.34. The lowest BCUT2D eigenvalue weighted by atomic mass is 10.0. The van der Waals surface area contributed by atoms with Gasteiger partial charge in [0.1, 0.15) is 5.82 Å². The number of aromatic nitrogens is 3. The molecule has 0 spiro atoms. The topological polar surface area (TPSA) is 68.0 Å². The summed E-state index contributed by atoms with van der Waals surface area (Å²) in [5.74, 6) is -1.40. The summed E-state index contributed by atoms with van der Waals surface area (Å²) in [6, 6.07) is 6.19. The summed E-state index contributed by atoms with van der Waals surface area (Å²) in [7, 11) is 1.73. The molecule has 0 unspecified atom stereocenters. The van der Waals surface area contributed by atoms with E-state index in [1.54, 1.807) is 23.9 Å². The van der Waals surface area contributed by atoms with E-state index in [2.05, 4.69) is 10.1 Å². The van der Waals surface area contributed by atoms with Gasteiger partial charge in [0.25, 0.3) is 0 Å². The Balaban J connectivity index is 2.13. The molecule has 0 saturated heterocycles. The van der Waals surface area contributed by atoms with Crippen LogP contribution in [0.3, 0.4) is 0 Å². The fraction of sp³-hybridized carbons (Fsp3) is 0.133. The average molecular weight is 285 g/mol. The highest BCUT2D eigenvalue weighted by molar-refractivity contribution is 5.90. The van der Waals surface area contributed by atoms with Gasteiger partial charge in [-0.25, -0.2) is 9.18 Å². The molecule has 1 N–H and O–H groups in total. The molecule has 0 fully saturated rings. The van der Waals surface area contributed by atoms with Crippen molar-refractivity contribution in [2.45, 2.75) is 6.42 Å². The smallest absolute Gasteiger partial charge is 0.336 e. The van der Waals surface area contributed by atoms with Crippen LogP contribution in [0.25, 0.3) is 10.9 Å². The highest BCUT2D eigenvalue weighted by atomic mass is 19.1. The molecule has 0 aliphatic rings. The van der Waals surface area contributed by atoms with Gasteiger partial charge in [0, 0.05) is 25.9 Å². The van der Waals surface area contributed by atoms with Crippen LogP contribution in [0.1, 0.15) is 21.6 Å². The quantitative estimate of drug-likeness (QED) is 0.802. The third-order valence-corrected chi connectivity index (χ3v) is 3.39. The van der Waals surface area contributed by atoms with E-state index in [1.165, 1.54) is 24.5 Å². The van der Waals surface area contributed by atoms with Gasteiger partial charge in [0.2, 0.25) is 0 Å². The number of rotatable bonds is 3. The largest absolute Gasteiger partial charge is 0.478 e. The monoisotopic (exact) mass is 285 g/mol. The van der Waals surface area contributed by atoms with Crippen molar-refractivity contribution in [2.24, 2.45) is 7.05 Å². The van der Waals surface area contributed by atoms with Crippen molar-refractivity contribution in [1.29, 1.82) is 0 Å². The number of nitrogens with zero attached hydrogens (tertiary/aromatic N) is 3. The number of carbonyl (C=O) groups is 1. The normalized spacial score (nSPS) is 11.0. The highest BCUT2D eigenvalue weighted by Crippen LogP contribution is 2.24. The lowest BCUT2D eigenvalue weighted by molar-refractivity contribution is 0.0695. The Morgan fingerprint density at radius 3 is 2.95 bits per heavy atom. The SMILES string of the molecule is Cn1nc(Cc2cnccc2C(=O)O)c2c(F)cccc21. The molecule has 3 aromatic rings. The predicted octanol–water partition coefficient (Wildman–Crippen LogP) is 2.40. The van der Waals surface area contributed by atoms with Crippen LogP contribution in [0, 0.1) is 5.82 Å². The van der Waals surface area contributed by atoms with Crippen LogP contribution in [0.2, 0.25) is 0 Å². The number of benzene rings is 1. The molecule has 106 valence electrons. The molecule has 0 radical (unpaired) electrons. The first-order valence-electron chi connectivity index (χ1n) is 6.34. The van der Waals surface area contributed by atoms with Gasteiger partial charge in [-0.1, -0.05) is 6.07 Å².